The van der Waals surface area contributed by atoms with Crippen LogP contribution in [0.4, 0.5) is 0 Å². The molecule has 160 valence electrons. The van der Waals surface area contributed by atoms with E-state index in [4.69, 9.17) is 14.2 Å². The van der Waals surface area contributed by atoms with Crippen molar-refractivity contribution in [2.24, 2.45) is 22.7 Å². The molecule has 2 saturated carbocycles. The van der Waals surface area contributed by atoms with Crippen molar-refractivity contribution in [1.29, 1.82) is 0 Å². The molecule has 0 unspecified atom stereocenters. The molecule has 0 amide bonds. The molecule has 0 aromatic rings. The summed E-state index contributed by atoms with van der Waals surface area (Å²) in [7, 11) is -1.31. The zero-order valence-electron chi connectivity index (χ0n) is 17.3. The lowest BCUT2D eigenvalue weighted by atomic mass is 9.61. The molecule has 1 saturated heterocycles. The van der Waals surface area contributed by atoms with E-state index in [-0.39, 0.29) is 18.4 Å². The van der Waals surface area contributed by atoms with Crippen LogP contribution in [0.15, 0.2) is 23.6 Å². The summed E-state index contributed by atoms with van der Waals surface area (Å²) in [6.45, 7) is 9.66. The molecule has 7 atom stereocenters. The predicted molar refractivity (Wildman–Crippen MR) is 106 cm³/mol. The van der Waals surface area contributed by atoms with Crippen molar-refractivity contribution in [3.63, 3.8) is 0 Å². The number of ether oxygens (including phenoxy) is 3. The zero-order chi connectivity index (χ0) is 21.6. The molecule has 0 aromatic carbocycles. The van der Waals surface area contributed by atoms with Crippen molar-refractivity contribution in [2.45, 2.75) is 52.2 Å². The van der Waals surface area contributed by atoms with Crippen molar-refractivity contribution in [3.05, 3.63) is 23.6 Å². The van der Waals surface area contributed by atoms with Gasteiger partial charge in [-0.25, -0.2) is 4.79 Å². The van der Waals surface area contributed by atoms with Crippen LogP contribution >= 0.6 is 0 Å². The first-order valence-corrected chi connectivity index (χ1v) is 11.4. The first-order valence-electron chi connectivity index (χ1n) is 9.76. The van der Waals surface area contributed by atoms with Crippen LogP contribution in [0.5, 0.6) is 0 Å². The monoisotopic (exact) mass is 424 g/mol. The number of carbonyl (C=O) groups excluding carboxylic acids is 3. The average molecular weight is 425 g/mol. The van der Waals surface area contributed by atoms with Gasteiger partial charge in [0.1, 0.15) is 24.2 Å². The number of esters is 3. The molecule has 7 nitrogen and oxygen atoms in total. The van der Waals surface area contributed by atoms with Crippen LogP contribution in [0.25, 0.3) is 0 Å². The highest BCUT2D eigenvalue weighted by Gasteiger charge is 2.71. The highest BCUT2D eigenvalue weighted by Crippen LogP contribution is 2.66. The molecule has 29 heavy (non-hydrogen) atoms. The largest absolute Gasteiger partial charge is 0.462 e. The van der Waals surface area contributed by atoms with Gasteiger partial charge in [0.15, 0.2) is 0 Å². The van der Waals surface area contributed by atoms with Gasteiger partial charge in [-0.3, -0.25) is 13.8 Å². The Kier molecular flexibility index (Phi) is 5.77. The third-order valence-corrected chi connectivity index (χ3v) is 7.49. The minimum Gasteiger partial charge on any atom is -0.462 e. The van der Waals surface area contributed by atoms with Gasteiger partial charge in [0.2, 0.25) is 0 Å². The maximum atomic E-state index is 12.9. The van der Waals surface area contributed by atoms with Crippen molar-refractivity contribution in [3.8, 4) is 0 Å². The smallest absolute Gasteiger partial charge is 0.331 e. The van der Waals surface area contributed by atoms with Crippen LogP contribution in [0.3, 0.4) is 0 Å². The first kappa shape index (κ1) is 21.7. The molecule has 8 heteroatoms. The van der Waals surface area contributed by atoms with Gasteiger partial charge in [0, 0.05) is 41.4 Å². The second-order valence-electron chi connectivity index (χ2n) is 8.64. The molecule has 0 N–H and O–H groups in total. The fraction of sp³-hybridized carbons (Fsp3) is 0.667. The van der Waals surface area contributed by atoms with Crippen LogP contribution in [0, 0.1) is 22.7 Å². The molecule has 2 aliphatic carbocycles. The number of carbonyl (C=O) groups is 3. The van der Waals surface area contributed by atoms with E-state index in [1.165, 1.54) is 18.6 Å². The average Bonchev–Trinajstić information content (AvgIpc) is 3.06. The minimum atomic E-state index is -1.31. The van der Waals surface area contributed by atoms with Crippen LogP contribution in [0.2, 0.25) is 0 Å². The van der Waals surface area contributed by atoms with Gasteiger partial charge in [-0.05, 0) is 36.2 Å². The van der Waals surface area contributed by atoms with E-state index in [2.05, 4.69) is 20.4 Å². The zero-order valence-corrected chi connectivity index (χ0v) is 18.1. The Morgan fingerprint density at radius 2 is 2.00 bits per heavy atom. The fourth-order valence-corrected chi connectivity index (χ4v) is 5.72. The highest BCUT2D eigenvalue weighted by molar-refractivity contribution is 7.87. The van der Waals surface area contributed by atoms with Crippen molar-refractivity contribution in [1.82, 2.24) is 0 Å². The SMILES string of the molecule is C=C1COC(=O)[C@]12C[C@@]1(C)[C@H]([C@@H](OC(C)=O)CC[C@@H]1C)[C@H]2OC(=O)/C=C/[S@@](C)=O. The molecule has 0 aromatic heterocycles. The summed E-state index contributed by atoms with van der Waals surface area (Å²) in [5.74, 6) is -1.71. The molecule has 0 radical (unpaired) electrons. The van der Waals surface area contributed by atoms with Crippen molar-refractivity contribution >= 4 is 28.7 Å². The topological polar surface area (TPSA) is 96.0 Å². The number of fused-ring (bicyclic) bond motifs is 1. The lowest BCUT2D eigenvalue weighted by molar-refractivity contribution is -0.172. The van der Waals surface area contributed by atoms with E-state index < -0.39 is 51.7 Å². The fourth-order valence-electron chi connectivity index (χ4n) is 5.42. The lowest BCUT2D eigenvalue weighted by Gasteiger charge is -2.46. The summed E-state index contributed by atoms with van der Waals surface area (Å²) in [6, 6.07) is 0. The van der Waals surface area contributed by atoms with Gasteiger partial charge in [0.25, 0.3) is 0 Å². The van der Waals surface area contributed by atoms with Crippen LogP contribution in [0.1, 0.15) is 40.0 Å². The maximum absolute atomic E-state index is 12.9. The van der Waals surface area contributed by atoms with Crippen LogP contribution < -0.4 is 0 Å². The third kappa shape index (κ3) is 3.56. The van der Waals surface area contributed by atoms with E-state index in [1.807, 2.05) is 0 Å². The highest BCUT2D eigenvalue weighted by atomic mass is 32.2. The van der Waals surface area contributed by atoms with Crippen LogP contribution in [-0.2, 0) is 39.4 Å². The Bertz CT molecular complexity index is 785. The predicted octanol–water partition coefficient (Wildman–Crippen LogP) is 2.28. The van der Waals surface area contributed by atoms with Crippen molar-refractivity contribution < 1.29 is 32.8 Å². The van der Waals surface area contributed by atoms with E-state index in [9.17, 15) is 18.6 Å². The molecule has 3 aliphatic rings. The molecular weight excluding hydrogens is 396 g/mol. The van der Waals surface area contributed by atoms with Gasteiger partial charge in [-0.15, -0.1) is 0 Å². The summed E-state index contributed by atoms with van der Waals surface area (Å²) >= 11 is 0. The van der Waals surface area contributed by atoms with E-state index >= 15 is 0 Å². The Morgan fingerprint density at radius 3 is 2.55 bits per heavy atom. The van der Waals surface area contributed by atoms with Gasteiger partial charge < -0.3 is 14.2 Å². The molecule has 1 aliphatic heterocycles. The quantitative estimate of drug-likeness (QED) is 0.296. The summed E-state index contributed by atoms with van der Waals surface area (Å²) < 4.78 is 28.1. The standard InChI is InChI=1S/C21H28O7S/c1-12-6-7-15(27-14(3)22)17-18(28-16(23)8-9-29(5)25)21(11-20(12,17)4)13(2)10-26-19(21)24/h8-9,12,15,17-18H,2,6-7,10-11H2,1,3-5H3/b9-8+/t12-,15-,17+,18+,20+,21+,29+/m0/s1. The molecule has 3 fully saturated rings. The maximum Gasteiger partial charge on any atom is 0.331 e. The molecular formula is C21H28O7S. The summed E-state index contributed by atoms with van der Waals surface area (Å²) in [5, 5.41) is 1.23. The van der Waals surface area contributed by atoms with Gasteiger partial charge >= 0.3 is 17.9 Å². The van der Waals surface area contributed by atoms with Gasteiger partial charge in [-0.1, -0.05) is 20.4 Å². The Balaban J connectivity index is 2.07. The third-order valence-electron chi connectivity index (χ3n) is 6.97. The first-order chi connectivity index (χ1) is 13.5. The number of hydrogen-bond donors (Lipinski definition) is 0. The Morgan fingerprint density at radius 1 is 1.31 bits per heavy atom. The molecule has 1 spiro atoms. The molecule has 3 rings (SSSR count). The van der Waals surface area contributed by atoms with Crippen molar-refractivity contribution in [2.75, 3.05) is 12.9 Å². The molecule has 1 heterocycles. The summed E-state index contributed by atoms with van der Waals surface area (Å²) in [5.41, 5.74) is -0.995. The van der Waals surface area contributed by atoms with Crippen LogP contribution in [-0.4, -0.2) is 47.2 Å². The molecule has 0 bridgehead atoms. The van der Waals surface area contributed by atoms with E-state index in [1.54, 1.807) is 0 Å². The number of hydrogen-bond acceptors (Lipinski definition) is 7. The van der Waals surface area contributed by atoms with Gasteiger partial charge in [0.05, 0.1) is 0 Å². The van der Waals surface area contributed by atoms with E-state index in [0.717, 1.165) is 12.5 Å². The second kappa shape index (κ2) is 7.70. The number of rotatable bonds is 4. The summed E-state index contributed by atoms with van der Waals surface area (Å²) in [4.78, 5) is 37.2. The lowest BCUT2D eigenvalue weighted by Crippen LogP contribution is -2.50. The summed E-state index contributed by atoms with van der Waals surface area (Å²) in [6.07, 6.45) is 3.08. The Labute approximate surface area is 173 Å². The van der Waals surface area contributed by atoms with Gasteiger partial charge in [-0.2, -0.15) is 0 Å². The number of cyclic esters (lactones) is 1. The van der Waals surface area contributed by atoms with E-state index in [0.29, 0.717) is 18.4 Å². The Hall–Kier alpha value is -1.96. The minimum absolute atomic E-state index is 0.0805. The second-order valence-corrected chi connectivity index (χ2v) is 9.91. The normalized spacial score (nSPS) is 40.0.